The van der Waals surface area contributed by atoms with Crippen molar-refractivity contribution in [2.24, 2.45) is 5.92 Å². The lowest BCUT2D eigenvalue weighted by Gasteiger charge is -2.29. The molecule has 0 aromatic heterocycles. The fourth-order valence-corrected chi connectivity index (χ4v) is 3.30. The molecule has 0 aliphatic carbocycles. The van der Waals surface area contributed by atoms with Crippen molar-refractivity contribution in [2.45, 2.75) is 64.2 Å². The average Bonchev–Trinajstić information content (AvgIpc) is 2.84. The quantitative estimate of drug-likeness (QED) is 0.816. The van der Waals surface area contributed by atoms with Crippen LogP contribution in [0.2, 0.25) is 0 Å². The number of nitrogens with zero attached hydrogens (tertiary/aromatic N) is 1. The van der Waals surface area contributed by atoms with E-state index in [2.05, 4.69) is 38.0 Å². The molecule has 3 unspecified atom stereocenters. The molecule has 2 saturated heterocycles. The van der Waals surface area contributed by atoms with Crippen molar-refractivity contribution >= 4 is 0 Å². The predicted octanol–water partition coefficient (Wildman–Crippen LogP) is 2.28. The van der Waals surface area contributed by atoms with Gasteiger partial charge in [-0.05, 0) is 59.4 Å². The van der Waals surface area contributed by atoms with E-state index in [-0.39, 0.29) is 5.54 Å². The lowest BCUT2D eigenvalue weighted by molar-refractivity contribution is 0.00987. The summed E-state index contributed by atoms with van der Waals surface area (Å²) < 4.78 is 11.7. The summed E-state index contributed by atoms with van der Waals surface area (Å²) in [7, 11) is 2.22. The number of rotatable bonds is 6. The maximum absolute atomic E-state index is 6.18. The van der Waals surface area contributed by atoms with Crippen LogP contribution in [-0.2, 0) is 9.47 Å². The Bertz CT molecular complexity index is 298. The van der Waals surface area contributed by atoms with Crippen LogP contribution in [0, 0.1) is 5.92 Å². The molecule has 4 nitrogen and oxygen atoms in total. The summed E-state index contributed by atoms with van der Waals surface area (Å²) in [6.07, 6.45) is 5.72. The normalized spacial score (nSPS) is 31.0. The second-order valence-electron chi connectivity index (χ2n) is 7.89. The summed E-state index contributed by atoms with van der Waals surface area (Å²) >= 11 is 0. The first-order valence-corrected chi connectivity index (χ1v) is 8.59. The van der Waals surface area contributed by atoms with Gasteiger partial charge in [0.2, 0.25) is 0 Å². The van der Waals surface area contributed by atoms with Gasteiger partial charge >= 0.3 is 0 Å². The Kier molecular flexibility index (Phi) is 6.48. The van der Waals surface area contributed by atoms with Crippen molar-refractivity contribution < 1.29 is 9.47 Å². The highest BCUT2D eigenvalue weighted by Gasteiger charge is 2.27. The van der Waals surface area contributed by atoms with Gasteiger partial charge in [0, 0.05) is 31.8 Å². The Morgan fingerprint density at radius 1 is 1.10 bits per heavy atom. The van der Waals surface area contributed by atoms with E-state index in [0.717, 1.165) is 32.8 Å². The van der Waals surface area contributed by atoms with Crippen LogP contribution in [0.5, 0.6) is 0 Å². The van der Waals surface area contributed by atoms with E-state index < -0.39 is 0 Å². The number of likely N-dealkylation sites (N-methyl/N-ethyl adjacent to an activating group) is 1. The van der Waals surface area contributed by atoms with Gasteiger partial charge < -0.3 is 19.7 Å². The summed E-state index contributed by atoms with van der Waals surface area (Å²) in [6.45, 7) is 11.7. The third-order valence-electron chi connectivity index (χ3n) is 4.40. The van der Waals surface area contributed by atoms with Crippen LogP contribution < -0.4 is 5.32 Å². The largest absolute Gasteiger partial charge is 0.381 e. The van der Waals surface area contributed by atoms with Gasteiger partial charge in [-0.15, -0.1) is 0 Å². The topological polar surface area (TPSA) is 33.7 Å². The molecular weight excluding hydrogens is 264 g/mol. The number of nitrogens with one attached hydrogen (secondary N) is 1. The fourth-order valence-electron chi connectivity index (χ4n) is 3.30. The monoisotopic (exact) mass is 298 g/mol. The summed E-state index contributed by atoms with van der Waals surface area (Å²) in [4.78, 5) is 2.43. The molecule has 3 atom stereocenters. The maximum atomic E-state index is 6.18. The zero-order valence-electron chi connectivity index (χ0n) is 14.4. The second kappa shape index (κ2) is 7.91. The van der Waals surface area contributed by atoms with Gasteiger partial charge in [-0.2, -0.15) is 0 Å². The molecule has 0 spiro atoms. The molecule has 2 aliphatic rings. The first-order valence-electron chi connectivity index (χ1n) is 8.59. The van der Waals surface area contributed by atoms with E-state index in [1.165, 1.54) is 25.7 Å². The van der Waals surface area contributed by atoms with Gasteiger partial charge in [-0.3, -0.25) is 0 Å². The molecule has 0 saturated carbocycles. The smallest absolute Gasteiger partial charge is 0.0707 e. The molecule has 4 heteroatoms. The number of hydrogen-bond acceptors (Lipinski definition) is 4. The van der Waals surface area contributed by atoms with Crippen LogP contribution in [0.3, 0.4) is 0 Å². The van der Waals surface area contributed by atoms with E-state index in [1.807, 2.05) is 0 Å². The van der Waals surface area contributed by atoms with E-state index >= 15 is 0 Å². The lowest BCUT2D eigenvalue weighted by Crippen LogP contribution is -2.41. The Hall–Kier alpha value is -0.160. The molecule has 0 aromatic carbocycles. The van der Waals surface area contributed by atoms with Gasteiger partial charge in [-0.25, -0.2) is 0 Å². The van der Waals surface area contributed by atoms with Crippen LogP contribution in [0.15, 0.2) is 0 Å². The molecule has 0 radical (unpaired) electrons. The van der Waals surface area contributed by atoms with Crippen molar-refractivity contribution in [2.75, 3.05) is 39.9 Å². The standard InChI is InChI=1S/C17H34N2O2/c1-17(2,3)18-10-15-7-8-16(21-15)12-19(4)11-14-6-5-9-20-13-14/h14-16,18H,5-13H2,1-4H3. The van der Waals surface area contributed by atoms with E-state index in [9.17, 15) is 0 Å². The first-order chi connectivity index (χ1) is 9.92. The van der Waals surface area contributed by atoms with Gasteiger partial charge in [0.05, 0.1) is 18.8 Å². The maximum Gasteiger partial charge on any atom is 0.0707 e. The first kappa shape index (κ1) is 17.2. The molecule has 2 fully saturated rings. The summed E-state index contributed by atoms with van der Waals surface area (Å²) in [5.74, 6) is 0.712. The number of hydrogen-bond donors (Lipinski definition) is 1. The molecule has 2 heterocycles. The minimum absolute atomic E-state index is 0.180. The molecule has 124 valence electrons. The third-order valence-corrected chi connectivity index (χ3v) is 4.40. The Morgan fingerprint density at radius 3 is 2.52 bits per heavy atom. The molecule has 0 bridgehead atoms. The van der Waals surface area contributed by atoms with Gasteiger partial charge in [0.25, 0.3) is 0 Å². The Labute approximate surface area is 130 Å². The molecule has 0 amide bonds. The van der Waals surface area contributed by atoms with Gasteiger partial charge in [-0.1, -0.05) is 0 Å². The zero-order chi connectivity index (χ0) is 15.3. The third kappa shape index (κ3) is 6.64. The SMILES string of the molecule is CN(CC1CCCOC1)CC1CCC(CNC(C)(C)C)O1. The Balaban J connectivity index is 1.62. The molecule has 21 heavy (non-hydrogen) atoms. The van der Waals surface area contributed by atoms with Gasteiger partial charge in [0.15, 0.2) is 0 Å². The lowest BCUT2D eigenvalue weighted by atomic mass is 10.0. The van der Waals surface area contributed by atoms with Crippen molar-refractivity contribution in [3.63, 3.8) is 0 Å². The summed E-state index contributed by atoms with van der Waals surface area (Å²) in [5.41, 5.74) is 0.180. The average molecular weight is 298 g/mol. The molecule has 2 rings (SSSR count). The molecule has 0 aromatic rings. The van der Waals surface area contributed by atoms with E-state index in [0.29, 0.717) is 18.1 Å². The highest BCUT2D eigenvalue weighted by Crippen LogP contribution is 2.21. The van der Waals surface area contributed by atoms with Crippen LogP contribution in [-0.4, -0.2) is 62.5 Å². The van der Waals surface area contributed by atoms with Crippen LogP contribution in [0.4, 0.5) is 0 Å². The highest BCUT2D eigenvalue weighted by molar-refractivity contribution is 4.81. The summed E-state index contributed by atoms with van der Waals surface area (Å²) in [5, 5.41) is 3.55. The minimum atomic E-state index is 0.180. The highest BCUT2D eigenvalue weighted by atomic mass is 16.5. The van der Waals surface area contributed by atoms with Crippen molar-refractivity contribution in [3.05, 3.63) is 0 Å². The molecular formula is C17H34N2O2. The second-order valence-corrected chi connectivity index (χ2v) is 7.89. The number of ether oxygens (including phenoxy) is 2. The van der Waals surface area contributed by atoms with E-state index in [1.54, 1.807) is 0 Å². The van der Waals surface area contributed by atoms with Crippen LogP contribution >= 0.6 is 0 Å². The van der Waals surface area contributed by atoms with Crippen molar-refractivity contribution in [1.82, 2.24) is 10.2 Å². The van der Waals surface area contributed by atoms with Crippen LogP contribution in [0.25, 0.3) is 0 Å². The van der Waals surface area contributed by atoms with E-state index in [4.69, 9.17) is 9.47 Å². The Morgan fingerprint density at radius 2 is 1.86 bits per heavy atom. The zero-order valence-corrected chi connectivity index (χ0v) is 14.4. The van der Waals surface area contributed by atoms with Gasteiger partial charge in [0.1, 0.15) is 0 Å². The van der Waals surface area contributed by atoms with Crippen molar-refractivity contribution in [1.29, 1.82) is 0 Å². The van der Waals surface area contributed by atoms with Crippen molar-refractivity contribution in [3.8, 4) is 0 Å². The van der Waals surface area contributed by atoms with Crippen LogP contribution in [0.1, 0.15) is 46.5 Å². The molecule has 2 aliphatic heterocycles. The summed E-state index contributed by atoms with van der Waals surface area (Å²) in [6, 6.07) is 0. The fraction of sp³-hybridized carbons (Fsp3) is 1.00. The minimum Gasteiger partial charge on any atom is -0.381 e. The molecule has 1 N–H and O–H groups in total. The predicted molar refractivity (Wildman–Crippen MR) is 86.7 cm³/mol.